The Hall–Kier alpha value is -2.78. The molecular formula is C22H26Cl2N4O5. The summed E-state index contributed by atoms with van der Waals surface area (Å²) in [7, 11) is 0. The van der Waals surface area contributed by atoms with E-state index in [4.69, 9.17) is 32.7 Å². The van der Waals surface area contributed by atoms with Crippen LogP contribution in [0.25, 0.3) is 0 Å². The predicted octanol–water partition coefficient (Wildman–Crippen LogP) is 3.44. The SMILES string of the molecule is CCOC(=O)N1CCC(NC(=O)COC(=O)c2c(C)nn(Cc3ccccc3Cl)c2Cl)CC1. The molecule has 2 heterocycles. The second-order valence-corrected chi connectivity index (χ2v) is 8.37. The minimum absolute atomic E-state index is 0.106. The van der Waals surface area contributed by atoms with E-state index >= 15 is 0 Å². The summed E-state index contributed by atoms with van der Waals surface area (Å²) in [6.45, 7) is 4.54. The van der Waals surface area contributed by atoms with Crippen LogP contribution in [-0.2, 0) is 20.8 Å². The second-order valence-electron chi connectivity index (χ2n) is 7.60. The van der Waals surface area contributed by atoms with Crippen molar-refractivity contribution in [2.24, 2.45) is 0 Å². The first kappa shape index (κ1) is 24.9. The molecule has 3 rings (SSSR count). The average molecular weight is 497 g/mol. The highest BCUT2D eigenvalue weighted by Gasteiger charge is 2.26. The number of nitrogens with one attached hydrogen (secondary N) is 1. The van der Waals surface area contributed by atoms with Crippen molar-refractivity contribution in [3.05, 3.63) is 51.3 Å². The van der Waals surface area contributed by atoms with Crippen molar-refractivity contribution in [3.63, 3.8) is 0 Å². The summed E-state index contributed by atoms with van der Waals surface area (Å²) in [5.41, 5.74) is 1.31. The number of carbonyl (C=O) groups excluding carboxylic acids is 3. The third-order valence-electron chi connectivity index (χ3n) is 5.27. The molecule has 1 aliphatic heterocycles. The van der Waals surface area contributed by atoms with Gasteiger partial charge in [0.25, 0.3) is 5.91 Å². The number of likely N-dealkylation sites (tertiary alicyclic amines) is 1. The van der Waals surface area contributed by atoms with Crippen LogP contribution in [0, 0.1) is 6.92 Å². The number of esters is 1. The number of nitrogens with zero attached hydrogens (tertiary/aromatic N) is 3. The fraction of sp³-hybridized carbons (Fsp3) is 0.455. The minimum atomic E-state index is -0.727. The summed E-state index contributed by atoms with van der Waals surface area (Å²) in [4.78, 5) is 38.2. The standard InChI is InChI=1S/C22H26Cl2N4O5/c1-3-32-22(31)27-10-8-16(9-11-27)25-18(29)13-33-21(30)19-14(2)26-28(20(19)24)12-15-6-4-5-7-17(15)23/h4-7,16H,3,8-13H2,1-2H3,(H,25,29). The van der Waals surface area contributed by atoms with E-state index in [1.165, 1.54) is 4.68 Å². The van der Waals surface area contributed by atoms with Crippen LogP contribution in [-0.4, -0.2) is 65.0 Å². The van der Waals surface area contributed by atoms with Crippen molar-refractivity contribution < 1.29 is 23.9 Å². The van der Waals surface area contributed by atoms with Crippen molar-refractivity contribution in [1.29, 1.82) is 0 Å². The van der Waals surface area contributed by atoms with Gasteiger partial charge in [-0.25, -0.2) is 14.3 Å². The van der Waals surface area contributed by atoms with Crippen molar-refractivity contribution in [2.45, 2.75) is 39.3 Å². The molecule has 2 aromatic rings. The maximum atomic E-state index is 12.6. The first-order valence-corrected chi connectivity index (χ1v) is 11.4. The van der Waals surface area contributed by atoms with Gasteiger partial charge in [0.2, 0.25) is 0 Å². The number of aromatic nitrogens is 2. The van der Waals surface area contributed by atoms with Gasteiger partial charge < -0.3 is 19.7 Å². The quantitative estimate of drug-likeness (QED) is 0.588. The van der Waals surface area contributed by atoms with E-state index in [1.54, 1.807) is 24.8 Å². The van der Waals surface area contributed by atoms with Gasteiger partial charge in [-0.1, -0.05) is 41.4 Å². The van der Waals surface area contributed by atoms with Gasteiger partial charge in [-0.15, -0.1) is 0 Å². The van der Waals surface area contributed by atoms with Crippen LogP contribution in [0.5, 0.6) is 0 Å². The summed E-state index contributed by atoms with van der Waals surface area (Å²) in [6, 6.07) is 7.16. The fourth-order valence-electron chi connectivity index (χ4n) is 3.57. The van der Waals surface area contributed by atoms with Gasteiger partial charge in [0, 0.05) is 24.2 Å². The molecule has 9 nitrogen and oxygen atoms in total. The maximum absolute atomic E-state index is 12.6. The summed E-state index contributed by atoms with van der Waals surface area (Å²) in [6.07, 6.45) is 0.842. The Morgan fingerprint density at radius 3 is 2.52 bits per heavy atom. The number of benzene rings is 1. The van der Waals surface area contributed by atoms with Crippen LogP contribution < -0.4 is 5.32 Å². The number of piperidine rings is 1. The van der Waals surface area contributed by atoms with Gasteiger partial charge in [-0.3, -0.25) is 4.79 Å². The highest BCUT2D eigenvalue weighted by Crippen LogP contribution is 2.24. The molecular weight excluding hydrogens is 471 g/mol. The Labute approximate surface area is 201 Å². The predicted molar refractivity (Wildman–Crippen MR) is 123 cm³/mol. The van der Waals surface area contributed by atoms with Gasteiger partial charge in [0.05, 0.1) is 18.8 Å². The lowest BCUT2D eigenvalue weighted by molar-refractivity contribution is -0.125. The maximum Gasteiger partial charge on any atom is 0.409 e. The molecule has 0 spiro atoms. The molecule has 0 aliphatic carbocycles. The molecule has 1 fully saturated rings. The minimum Gasteiger partial charge on any atom is -0.452 e. The molecule has 1 aromatic carbocycles. The van der Waals surface area contributed by atoms with E-state index in [0.29, 0.717) is 43.3 Å². The van der Waals surface area contributed by atoms with Gasteiger partial charge >= 0.3 is 12.1 Å². The van der Waals surface area contributed by atoms with Crippen LogP contribution >= 0.6 is 23.2 Å². The Morgan fingerprint density at radius 1 is 1.15 bits per heavy atom. The van der Waals surface area contributed by atoms with E-state index in [-0.39, 0.29) is 29.4 Å². The van der Waals surface area contributed by atoms with Crippen LogP contribution in [0.15, 0.2) is 24.3 Å². The number of ether oxygens (including phenoxy) is 2. The van der Waals surface area contributed by atoms with Crippen molar-refractivity contribution in [3.8, 4) is 0 Å². The van der Waals surface area contributed by atoms with E-state index < -0.39 is 18.5 Å². The van der Waals surface area contributed by atoms with Crippen LogP contribution in [0.3, 0.4) is 0 Å². The third kappa shape index (κ3) is 6.39. The molecule has 0 bridgehead atoms. The lowest BCUT2D eigenvalue weighted by atomic mass is 10.1. The zero-order valence-electron chi connectivity index (χ0n) is 18.5. The number of carbonyl (C=O) groups is 3. The summed E-state index contributed by atoms with van der Waals surface area (Å²) in [5.74, 6) is -1.15. The molecule has 1 aliphatic rings. The topological polar surface area (TPSA) is 103 Å². The Bertz CT molecular complexity index is 1020. The number of aryl methyl sites for hydroxylation is 1. The number of amides is 2. The van der Waals surface area contributed by atoms with Gasteiger partial charge in [-0.2, -0.15) is 5.10 Å². The van der Waals surface area contributed by atoms with E-state index in [0.717, 1.165) is 5.56 Å². The Kier molecular flexibility index (Phi) is 8.57. The molecule has 33 heavy (non-hydrogen) atoms. The molecule has 0 saturated carbocycles. The molecule has 178 valence electrons. The third-order valence-corrected chi connectivity index (χ3v) is 6.02. The molecule has 1 saturated heterocycles. The van der Waals surface area contributed by atoms with Crippen molar-refractivity contribution in [2.75, 3.05) is 26.3 Å². The fourth-order valence-corrected chi connectivity index (χ4v) is 4.08. The summed E-state index contributed by atoms with van der Waals surface area (Å²) < 4.78 is 11.6. The molecule has 1 aromatic heterocycles. The molecule has 1 N–H and O–H groups in total. The van der Waals surface area contributed by atoms with Crippen molar-refractivity contribution >= 4 is 41.2 Å². The van der Waals surface area contributed by atoms with Crippen LogP contribution in [0.4, 0.5) is 4.79 Å². The number of halogens is 2. The van der Waals surface area contributed by atoms with E-state index in [2.05, 4.69) is 10.4 Å². The number of hydrogen-bond donors (Lipinski definition) is 1. The van der Waals surface area contributed by atoms with Crippen LogP contribution in [0.1, 0.15) is 41.4 Å². The molecule has 0 radical (unpaired) electrons. The zero-order chi connectivity index (χ0) is 24.0. The summed E-state index contributed by atoms with van der Waals surface area (Å²) >= 11 is 12.6. The molecule has 11 heteroatoms. The highest BCUT2D eigenvalue weighted by atomic mass is 35.5. The molecule has 2 amide bonds. The first-order chi connectivity index (χ1) is 15.8. The largest absolute Gasteiger partial charge is 0.452 e. The average Bonchev–Trinajstić information content (AvgIpc) is 3.07. The van der Waals surface area contributed by atoms with Gasteiger partial charge in [-0.05, 0) is 38.3 Å². The second kappa shape index (κ2) is 11.4. The summed E-state index contributed by atoms with van der Waals surface area (Å²) in [5, 5.41) is 7.81. The normalized spacial score (nSPS) is 14.1. The lowest BCUT2D eigenvalue weighted by Gasteiger charge is -2.31. The Balaban J connectivity index is 1.51. The van der Waals surface area contributed by atoms with Gasteiger partial charge in [0.1, 0.15) is 10.7 Å². The zero-order valence-corrected chi connectivity index (χ0v) is 20.0. The van der Waals surface area contributed by atoms with Crippen LogP contribution in [0.2, 0.25) is 10.2 Å². The first-order valence-electron chi connectivity index (χ1n) is 10.6. The monoisotopic (exact) mass is 496 g/mol. The Morgan fingerprint density at radius 2 is 1.85 bits per heavy atom. The number of hydrogen-bond acceptors (Lipinski definition) is 6. The van der Waals surface area contributed by atoms with Crippen molar-refractivity contribution in [1.82, 2.24) is 20.0 Å². The number of rotatable bonds is 7. The lowest BCUT2D eigenvalue weighted by Crippen LogP contribution is -2.47. The van der Waals surface area contributed by atoms with E-state index in [1.807, 2.05) is 18.2 Å². The molecule has 0 atom stereocenters. The van der Waals surface area contributed by atoms with E-state index in [9.17, 15) is 14.4 Å². The highest BCUT2D eigenvalue weighted by molar-refractivity contribution is 6.33. The van der Waals surface area contributed by atoms with Gasteiger partial charge in [0.15, 0.2) is 6.61 Å². The smallest absolute Gasteiger partial charge is 0.409 e. The molecule has 0 unspecified atom stereocenters.